The Bertz CT molecular complexity index is 275. The number of anilines is 1. The SMILES string of the molecule is CCc1nc(N)c(Br)nc1Br. The molecule has 3 nitrogen and oxygen atoms in total. The van der Waals surface area contributed by atoms with Crippen molar-refractivity contribution in [3.05, 3.63) is 14.9 Å². The van der Waals surface area contributed by atoms with Crippen LogP contribution in [0.4, 0.5) is 5.82 Å². The standard InChI is InChI=1S/C6H7Br2N3/c1-2-3-4(7)11-5(8)6(9)10-3/h2H2,1H3,(H2,9,10). The maximum Gasteiger partial charge on any atom is 0.157 e. The zero-order valence-corrected chi connectivity index (χ0v) is 9.11. The minimum absolute atomic E-state index is 0.435. The second kappa shape index (κ2) is 3.49. The minimum Gasteiger partial charge on any atom is -0.381 e. The van der Waals surface area contributed by atoms with Gasteiger partial charge in [-0.05, 0) is 38.3 Å². The molecule has 0 radical (unpaired) electrons. The third kappa shape index (κ3) is 1.90. The van der Waals surface area contributed by atoms with E-state index >= 15 is 0 Å². The number of hydrogen-bond donors (Lipinski definition) is 1. The van der Waals surface area contributed by atoms with Gasteiger partial charge in [0, 0.05) is 0 Å². The lowest BCUT2D eigenvalue weighted by Gasteiger charge is -2.01. The Labute approximate surface area is 81.7 Å². The van der Waals surface area contributed by atoms with Crippen molar-refractivity contribution in [3.8, 4) is 0 Å². The van der Waals surface area contributed by atoms with Crippen LogP contribution in [-0.2, 0) is 6.42 Å². The minimum atomic E-state index is 0.435. The molecule has 1 aromatic heterocycles. The molecule has 11 heavy (non-hydrogen) atoms. The average Bonchev–Trinajstić information content (AvgIpc) is 1.97. The van der Waals surface area contributed by atoms with E-state index < -0.39 is 0 Å². The molecule has 0 aliphatic rings. The fraction of sp³-hybridized carbons (Fsp3) is 0.333. The Morgan fingerprint density at radius 2 is 1.91 bits per heavy atom. The van der Waals surface area contributed by atoms with Crippen LogP contribution in [0.1, 0.15) is 12.6 Å². The van der Waals surface area contributed by atoms with E-state index in [1.54, 1.807) is 0 Å². The van der Waals surface area contributed by atoms with Crippen molar-refractivity contribution < 1.29 is 0 Å². The first-order chi connectivity index (χ1) is 5.15. The summed E-state index contributed by atoms with van der Waals surface area (Å²) in [6.45, 7) is 2.00. The largest absolute Gasteiger partial charge is 0.381 e. The normalized spacial score (nSPS) is 10.1. The van der Waals surface area contributed by atoms with Crippen molar-refractivity contribution in [2.75, 3.05) is 5.73 Å². The molecule has 0 saturated heterocycles. The number of nitrogen functional groups attached to an aromatic ring is 1. The molecule has 0 aromatic carbocycles. The Balaban J connectivity index is 3.21. The molecule has 0 fully saturated rings. The second-order valence-corrected chi connectivity index (χ2v) is 3.49. The molecule has 1 aromatic rings. The molecule has 0 aliphatic heterocycles. The molecule has 1 rings (SSSR count). The van der Waals surface area contributed by atoms with Gasteiger partial charge in [-0.2, -0.15) is 0 Å². The molecule has 0 atom stereocenters. The predicted octanol–water partition coefficient (Wildman–Crippen LogP) is 2.15. The van der Waals surface area contributed by atoms with Crippen molar-refractivity contribution in [1.29, 1.82) is 0 Å². The van der Waals surface area contributed by atoms with Crippen molar-refractivity contribution >= 4 is 37.7 Å². The van der Waals surface area contributed by atoms with E-state index in [2.05, 4.69) is 41.8 Å². The highest BCUT2D eigenvalue weighted by Crippen LogP contribution is 2.20. The molecular formula is C6H7Br2N3. The Morgan fingerprint density at radius 3 is 2.45 bits per heavy atom. The molecule has 0 aliphatic carbocycles. The van der Waals surface area contributed by atoms with E-state index in [1.165, 1.54) is 0 Å². The summed E-state index contributed by atoms with van der Waals surface area (Å²) in [5.74, 6) is 0.435. The van der Waals surface area contributed by atoms with E-state index in [1.807, 2.05) is 6.92 Å². The number of aromatic nitrogens is 2. The predicted molar refractivity (Wildman–Crippen MR) is 51.2 cm³/mol. The van der Waals surface area contributed by atoms with Crippen molar-refractivity contribution in [1.82, 2.24) is 9.97 Å². The first-order valence-electron chi connectivity index (χ1n) is 3.12. The van der Waals surface area contributed by atoms with Gasteiger partial charge in [-0.3, -0.25) is 0 Å². The van der Waals surface area contributed by atoms with E-state index in [0.29, 0.717) is 10.4 Å². The van der Waals surface area contributed by atoms with E-state index in [-0.39, 0.29) is 0 Å². The Hall–Kier alpha value is -0.160. The molecule has 0 spiro atoms. The van der Waals surface area contributed by atoms with Gasteiger partial charge in [0.1, 0.15) is 9.21 Å². The lowest BCUT2D eigenvalue weighted by Crippen LogP contribution is -1.99. The number of rotatable bonds is 1. The van der Waals surface area contributed by atoms with E-state index in [9.17, 15) is 0 Å². The van der Waals surface area contributed by atoms with Gasteiger partial charge < -0.3 is 5.73 Å². The number of halogens is 2. The monoisotopic (exact) mass is 279 g/mol. The fourth-order valence-electron chi connectivity index (χ4n) is 0.671. The lowest BCUT2D eigenvalue weighted by molar-refractivity contribution is 0.974. The summed E-state index contributed by atoms with van der Waals surface area (Å²) in [7, 11) is 0. The third-order valence-corrected chi connectivity index (χ3v) is 2.45. The molecule has 5 heteroatoms. The molecule has 60 valence electrons. The maximum absolute atomic E-state index is 5.52. The van der Waals surface area contributed by atoms with Crippen LogP contribution in [0.15, 0.2) is 9.21 Å². The molecule has 0 bridgehead atoms. The van der Waals surface area contributed by atoms with Gasteiger partial charge >= 0.3 is 0 Å². The topological polar surface area (TPSA) is 51.8 Å². The van der Waals surface area contributed by atoms with E-state index in [4.69, 9.17) is 5.73 Å². The van der Waals surface area contributed by atoms with Gasteiger partial charge in [0.2, 0.25) is 0 Å². The van der Waals surface area contributed by atoms with E-state index in [0.717, 1.165) is 16.7 Å². The van der Waals surface area contributed by atoms with Gasteiger partial charge in [0.25, 0.3) is 0 Å². The Kier molecular flexibility index (Phi) is 2.84. The van der Waals surface area contributed by atoms with Crippen LogP contribution in [0.5, 0.6) is 0 Å². The molecule has 0 unspecified atom stereocenters. The zero-order valence-electron chi connectivity index (χ0n) is 5.93. The third-order valence-electron chi connectivity index (χ3n) is 1.24. The number of aryl methyl sites for hydroxylation is 1. The van der Waals surface area contributed by atoms with Crippen LogP contribution in [0, 0.1) is 0 Å². The highest BCUT2D eigenvalue weighted by atomic mass is 79.9. The fourth-order valence-corrected chi connectivity index (χ4v) is 1.72. The summed E-state index contributed by atoms with van der Waals surface area (Å²) in [5.41, 5.74) is 6.40. The lowest BCUT2D eigenvalue weighted by atomic mass is 10.3. The van der Waals surface area contributed by atoms with Crippen LogP contribution in [0.3, 0.4) is 0 Å². The van der Waals surface area contributed by atoms with Crippen LogP contribution < -0.4 is 5.73 Å². The van der Waals surface area contributed by atoms with Crippen LogP contribution in [0.2, 0.25) is 0 Å². The number of hydrogen-bond acceptors (Lipinski definition) is 3. The van der Waals surface area contributed by atoms with Crippen LogP contribution in [-0.4, -0.2) is 9.97 Å². The summed E-state index contributed by atoms with van der Waals surface area (Å²) in [5, 5.41) is 0. The average molecular weight is 281 g/mol. The number of nitrogens with zero attached hydrogens (tertiary/aromatic N) is 2. The molecular weight excluding hydrogens is 274 g/mol. The first-order valence-corrected chi connectivity index (χ1v) is 4.71. The number of nitrogens with two attached hydrogens (primary N) is 1. The van der Waals surface area contributed by atoms with Gasteiger partial charge in [-0.25, -0.2) is 9.97 Å². The summed E-state index contributed by atoms with van der Waals surface area (Å²) in [6.07, 6.45) is 0.824. The van der Waals surface area contributed by atoms with Gasteiger partial charge in [0.05, 0.1) is 5.69 Å². The molecule has 1 heterocycles. The zero-order chi connectivity index (χ0) is 8.43. The quantitative estimate of drug-likeness (QED) is 0.858. The van der Waals surface area contributed by atoms with Crippen molar-refractivity contribution in [2.45, 2.75) is 13.3 Å². The second-order valence-electron chi connectivity index (χ2n) is 1.99. The van der Waals surface area contributed by atoms with Gasteiger partial charge in [-0.1, -0.05) is 6.92 Å². The summed E-state index contributed by atoms with van der Waals surface area (Å²) in [4.78, 5) is 8.20. The van der Waals surface area contributed by atoms with Gasteiger partial charge in [-0.15, -0.1) is 0 Å². The van der Waals surface area contributed by atoms with Crippen LogP contribution >= 0.6 is 31.9 Å². The highest BCUT2D eigenvalue weighted by molar-refractivity contribution is 9.11. The highest BCUT2D eigenvalue weighted by Gasteiger charge is 2.05. The first kappa shape index (κ1) is 8.93. The molecule has 2 N–H and O–H groups in total. The van der Waals surface area contributed by atoms with Gasteiger partial charge in [0.15, 0.2) is 5.82 Å². The maximum atomic E-state index is 5.52. The Morgan fingerprint density at radius 1 is 1.27 bits per heavy atom. The molecule has 0 amide bonds. The van der Waals surface area contributed by atoms with Crippen LogP contribution in [0.25, 0.3) is 0 Å². The molecule has 0 saturated carbocycles. The summed E-state index contributed by atoms with van der Waals surface area (Å²) >= 11 is 6.46. The smallest absolute Gasteiger partial charge is 0.157 e. The van der Waals surface area contributed by atoms with Crippen molar-refractivity contribution in [2.24, 2.45) is 0 Å². The summed E-state index contributed by atoms with van der Waals surface area (Å²) < 4.78 is 1.34. The summed E-state index contributed by atoms with van der Waals surface area (Å²) in [6, 6.07) is 0. The van der Waals surface area contributed by atoms with Crippen molar-refractivity contribution in [3.63, 3.8) is 0 Å².